The van der Waals surface area contributed by atoms with Crippen LogP contribution < -0.4 is 4.90 Å². The normalized spacial score (nSPS) is 16.9. The summed E-state index contributed by atoms with van der Waals surface area (Å²) < 4.78 is 78.2. The van der Waals surface area contributed by atoms with E-state index in [1.165, 1.54) is 24.3 Å². The Morgan fingerprint density at radius 3 is 1.91 bits per heavy atom. The molecule has 1 aliphatic heterocycles. The Balaban J connectivity index is 1.58. The number of nitrogens with zero attached hydrogens (tertiary/aromatic N) is 1. The van der Waals surface area contributed by atoms with E-state index in [-0.39, 0.29) is 0 Å². The average molecular weight is 591 g/mol. The van der Waals surface area contributed by atoms with Crippen molar-refractivity contribution in [3.8, 4) is 0 Å². The number of alkyl halides is 6. The highest BCUT2D eigenvalue weighted by molar-refractivity contribution is 14.1. The van der Waals surface area contributed by atoms with Crippen LogP contribution in [0.2, 0.25) is 0 Å². The Labute approximate surface area is 207 Å². The van der Waals surface area contributed by atoms with Crippen LogP contribution in [0.3, 0.4) is 0 Å². The summed E-state index contributed by atoms with van der Waals surface area (Å²) in [6, 6.07) is 10.2. The lowest BCUT2D eigenvalue weighted by molar-refractivity contribution is -0.803. The highest BCUT2D eigenvalue weighted by atomic mass is 127. The Hall–Kier alpha value is -2.53. The molecule has 0 fully saturated rings. The minimum absolute atomic E-state index is 0.448. The summed E-state index contributed by atoms with van der Waals surface area (Å²) in [4.78, 5) is 2.85. The van der Waals surface area contributed by atoms with Crippen molar-refractivity contribution in [2.24, 2.45) is 0 Å². The van der Waals surface area contributed by atoms with Crippen molar-refractivity contribution in [1.82, 2.24) is 4.90 Å². The zero-order chi connectivity index (χ0) is 24.9. The Kier molecular flexibility index (Phi) is 8.29. The molecule has 0 radical (unpaired) electrons. The third-order valence-electron chi connectivity index (χ3n) is 5.18. The van der Waals surface area contributed by atoms with E-state index in [4.69, 9.17) is 0 Å². The van der Waals surface area contributed by atoms with Gasteiger partial charge in [-0.15, -0.1) is 0 Å². The van der Waals surface area contributed by atoms with Gasteiger partial charge in [0.1, 0.15) is 12.7 Å². The van der Waals surface area contributed by atoms with Crippen molar-refractivity contribution in [1.29, 1.82) is 0 Å². The molecule has 0 aromatic heterocycles. The molecule has 2 aromatic carbocycles. The van der Waals surface area contributed by atoms with E-state index in [0.29, 0.717) is 13.1 Å². The number of hydrogen-bond acceptors (Lipinski definition) is 1. The molecule has 0 aliphatic carbocycles. The molecule has 0 saturated carbocycles. The van der Waals surface area contributed by atoms with Crippen molar-refractivity contribution >= 4 is 22.6 Å². The molecule has 3 rings (SSSR count). The summed E-state index contributed by atoms with van der Waals surface area (Å²) in [5.74, 6) is 0. The predicted octanol–water partition coefficient (Wildman–Crippen LogP) is 6.48. The first-order chi connectivity index (χ1) is 16.0. The second-order valence-electron chi connectivity index (χ2n) is 7.87. The van der Waals surface area contributed by atoms with Crippen LogP contribution in [-0.4, -0.2) is 11.9 Å². The molecule has 1 aliphatic rings. The molecule has 0 amide bonds. The zero-order valence-corrected chi connectivity index (χ0v) is 20.2. The molecule has 180 valence electrons. The van der Waals surface area contributed by atoms with Crippen molar-refractivity contribution in [2.75, 3.05) is 7.05 Å². The average Bonchev–Trinajstić information content (AvgIpc) is 3.22. The number of benzene rings is 2. The Morgan fingerprint density at radius 1 is 0.882 bits per heavy atom. The van der Waals surface area contributed by atoms with Crippen LogP contribution in [0.5, 0.6) is 0 Å². The largest absolute Gasteiger partial charge is 0.416 e. The van der Waals surface area contributed by atoms with Crippen LogP contribution in [0.1, 0.15) is 22.3 Å². The van der Waals surface area contributed by atoms with Crippen LogP contribution in [0.15, 0.2) is 94.5 Å². The summed E-state index contributed by atoms with van der Waals surface area (Å²) in [6.07, 6.45) is 0.936. The van der Waals surface area contributed by atoms with Crippen molar-refractivity contribution < 1.29 is 31.2 Å². The monoisotopic (exact) mass is 591 g/mol. The lowest BCUT2D eigenvalue weighted by Crippen LogP contribution is -3.00. The summed E-state index contributed by atoms with van der Waals surface area (Å²) in [6.45, 7) is 0.966. The highest BCUT2D eigenvalue weighted by Crippen LogP contribution is 2.30. The summed E-state index contributed by atoms with van der Waals surface area (Å²) in [5.41, 5.74) is 2.12. The molecule has 1 atom stereocenters. The molecule has 1 unspecified atom stereocenters. The van der Waals surface area contributed by atoms with E-state index >= 15 is 0 Å². The smallest absolute Gasteiger partial charge is 0.376 e. The van der Waals surface area contributed by atoms with Gasteiger partial charge in [-0.1, -0.05) is 46.9 Å². The first-order valence-electron chi connectivity index (χ1n) is 10.2. The second-order valence-corrected chi connectivity index (χ2v) is 8.49. The second kappa shape index (κ2) is 10.8. The molecular weight excluding hydrogens is 569 g/mol. The van der Waals surface area contributed by atoms with Gasteiger partial charge in [0, 0.05) is 30.8 Å². The van der Waals surface area contributed by atoms with E-state index in [0.717, 1.165) is 51.4 Å². The fourth-order valence-electron chi connectivity index (χ4n) is 3.37. The predicted molar refractivity (Wildman–Crippen MR) is 127 cm³/mol. The van der Waals surface area contributed by atoms with Crippen LogP contribution in [-0.2, 0) is 25.4 Å². The number of rotatable bonds is 7. The maximum Gasteiger partial charge on any atom is 0.416 e. The summed E-state index contributed by atoms with van der Waals surface area (Å²) >= 11 is 2.13. The van der Waals surface area contributed by atoms with E-state index in [9.17, 15) is 26.3 Å². The molecule has 0 saturated heterocycles. The summed E-state index contributed by atoms with van der Waals surface area (Å²) in [5, 5.41) is 0. The standard InChI is InChI=1S/C25H21F6IN2/c1-33(15-18-2-6-22(7-3-18)24(26,27)28)12-10-20(14-32)21-11-13-34(17-21)16-19-4-8-23(9-5-19)25(29,30)31/h2-14,17H,15-16H2,1H3/p+1/b12-10-,20-14+. The molecule has 1 heterocycles. The third-order valence-corrected chi connectivity index (χ3v) is 5.85. The minimum Gasteiger partial charge on any atom is -0.376 e. The first kappa shape index (κ1) is 26.1. The number of hydrogen-bond donors (Lipinski definition) is 1. The van der Waals surface area contributed by atoms with Crippen molar-refractivity contribution in [3.63, 3.8) is 0 Å². The number of nitrogens with one attached hydrogen (secondary N) is 1. The third kappa shape index (κ3) is 7.23. The Morgan fingerprint density at radius 2 is 1.41 bits per heavy atom. The van der Waals surface area contributed by atoms with E-state index in [1.54, 1.807) is 0 Å². The molecule has 2 nitrogen and oxygen atoms in total. The van der Waals surface area contributed by atoms with Crippen molar-refractivity contribution in [3.05, 3.63) is 117 Å². The molecule has 1 N–H and O–H groups in total. The SMILES string of the molecule is CN(/C=C\C(=C/I)C1=C[NH+](Cc2ccc(C(F)(F)F)cc2)C=C1)Cc1ccc(C(F)(F)F)cc1. The van der Waals surface area contributed by atoms with Gasteiger partial charge in [0.05, 0.1) is 17.3 Å². The quantitative estimate of drug-likeness (QED) is 0.220. The van der Waals surface area contributed by atoms with Gasteiger partial charge in [-0.3, -0.25) is 4.90 Å². The number of allylic oxidation sites excluding steroid dienone is 4. The molecular formula is C25H22F6IN2+. The molecule has 2 aromatic rings. The molecule has 9 heteroatoms. The topological polar surface area (TPSA) is 7.68 Å². The maximum absolute atomic E-state index is 12.7. The minimum atomic E-state index is -4.35. The van der Waals surface area contributed by atoms with Crippen LogP contribution in [0.4, 0.5) is 26.3 Å². The van der Waals surface area contributed by atoms with Gasteiger partial charge in [0.15, 0.2) is 0 Å². The van der Waals surface area contributed by atoms with E-state index in [2.05, 4.69) is 22.6 Å². The maximum atomic E-state index is 12.7. The zero-order valence-electron chi connectivity index (χ0n) is 18.1. The van der Waals surface area contributed by atoms with Gasteiger partial charge < -0.3 is 4.90 Å². The highest BCUT2D eigenvalue weighted by Gasteiger charge is 2.30. The van der Waals surface area contributed by atoms with E-state index in [1.807, 2.05) is 46.8 Å². The van der Waals surface area contributed by atoms with Gasteiger partial charge in [0.25, 0.3) is 0 Å². The van der Waals surface area contributed by atoms with Gasteiger partial charge in [-0.25, -0.2) is 0 Å². The molecule has 0 spiro atoms. The van der Waals surface area contributed by atoms with E-state index < -0.39 is 23.5 Å². The molecule has 0 bridgehead atoms. The fourth-order valence-corrected chi connectivity index (χ4v) is 3.94. The van der Waals surface area contributed by atoms with Gasteiger partial charge in [-0.2, -0.15) is 26.3 Å². The summed E-state index contributed by atoms with van der Waals surface area (Å²) in [7, 11) is 1.83. The fraction of sp³-hybridized carbons (Fsp3) is 0.200. The molecule has 34 heavy (non-hydrogen) atoms. The Bertz CT molecular complexity index is 1090. The number of quaternary nitrogens is 1. The van der Waals surface area contributed by atoms with Crippen molar-refractivity contribution in [2.45, 2.75) is 25.4 Å². The van der Waals surface area contributed by atoms with Gasteiger partial charge in [-0.05, 0) is 51.8 Å². The lowest BCUT2D eigenvalue weighted by atomic mass is 10.1. The number of halogens is 7. The van der Waals surface area contributed by atoms with Crippen LogP contribution >= 0.6 is 22.6 Å². The van der Waals surface area contributed by atoms with Crippen LogP contribution in [0, 0.1) is 0 Å². The first-order valence-corrected chi connectivity index (χ1v) is 11.5. The van der Waals surface area contributed by atoms with Crippen LogP contribution in [0.25, 0.3) is 0 Å². The lowest BCUT2D eigenvalue weighted by Gasteiger charge is -2.15. The van der Waals surface area contributed by atoms with Gasteiger partial charge >= 0.3 is 12.4 Å². The van der Waals surface area contributed by atoms with Gasteiger partial charge in [0.2, 0.25) is 0 Å².